The van der Waals surface area contributed by atoms with Gasteiger partial charge in [0.05, 0.1) is 24.5 Å². The largest absolute Gasteiger partial charge is 0.496 e. The number of carbonyl (C=O) groups excluding carboxylic acids is 1. The second kappa shape index (κ2) is 6.82. The SMILES string of the molecule is COc1cc(C)cc2oc(=O)c(CC(=O)N3CCC[C@@H]3C(=O)O)c(C)c12. The number of ether oxygens (including phenoxy) is 1. The minimum Gasteiger partial charge on any atom is -0.496 e. The predicted molar refractivity (Wildman–Crippen MR) is 94.6 cm³/mol. The highest BCUT2D eigenvalue weighted by molar-refractivity contribution is 5.90. The molecule has 0 unspecified atom stereocenters. The topological polar surface area (TPSA) is 97.0 Å². The first-order valence-electron chi connectivity index (χ1n) is 8.46. The Balaban J connectivity index is 2.03. The number of aryl methyl sites for hydroxylation is 2. The van der Waals surface area contributed by atoms with Crippen LogP contribution in [0.1, 0.15) is 29.5 Å². The monoisotopic (exact) mass is 359 g/mol. The second-order valence-corrected chi connectivity index (χ2v) is 6.59. The van der Waals surface area contributed by atoms with E-state index in [1.165, 1.54) is 12.0 Å². The maximum atomic E-state index is 12.6. The van der Waals surface area contributed by atoms with Gasteiger partial charge >= 0.3 is 11.6 Å². The van der Waals surface area contributed by atoms with Crippen LogP contribution in [0.3, 0.4) is 0 Å². The van der Waals surface area contributed by atoms with Crippen LogP contribution in [0.5, 0.6) is 5.75 Å². The third-order valence-corrected chi connectivity index (χ3v) is 4.89. The van der Waals surface area contributed by atoms with E-state index in [1.807, 2.05) is 13.0 Å². The number of amides is 1. The van der Waals surface area contributed by atoms with Crippen LogP contribution in [0.15, 0.2) is 21.3 Å². The molecule has 7 nitrogen and oxygen atoms in total. The van der Waals surface area contributed by atoms with Gasteiger partial charge in [-0.1, -0.05) is 0 Å². The van der Waals surface area contributed by atoms with Gasteiger partial charge in [-0.25, -0.2) is 9.59 Å². The molecular weight excluding hydrogens is 338 g/mol. The number of nitrogens with zero attached hydrogens (tertiary/aromatic N) is 1. The molecule has 3 rings (SSSR count). The normalized spacial score (nSPS) is 16.9. The van der Waals surface area contributed by atoms with Gasteiger partial charge in [0.25, 0.3) is 0 Å². The lowest BCUT2D eigenvalue weighted by molar-refractivity contribution is -0.148. The molecule has 0 spiro atoms. The number of carboxylic acids is 1. The highest BCUT2D eigenvalue weighted by atomic mass is 16.5. The molecule has 26 heavy (non-hydrogen) atoms. The smallest absolute Gasteiger partial charge is 0.340 e. The van der Waals surface area contributed by atoms with Crippen molar-refractivity contribution in [3.05, 3.63) is 39.2 Å². The fourth-order valence-electron chi connectivity index (χ4n) is 3.58. The second-order valence-electron chi connectivity index (χ2n) is 6.59. The van der Waals surface area contributed by atoms with Crippen molar-refractivity contribution in [2.75, 3.05) is 13.7 Å². The van der Waals surface area contributed by atoms with Gasteiger partial charge in [-0.2, -0.15) is 0 Å². The zero-order valence-corrected chi connectivity index (χ0v) is 15.0. The molecule has 1 saturated heterocycles. The van der Waals surface area contributed by atoms with Crippen LogP contribution >= 0.6 is 0 Å². The Hall–Kier alpha value is -2.83. The molecule has 1 N–H and O–H groups in total. The zero-order valence-electron chi connectivity index (χ0n) is 15.0. The highest BCUT2D eigenvalue weighted by Gasteiger charge is 2.34. The quantitative estimate of drug-likeness (QED) is 0.839. The van der Waals surface area contributed by atoms with Crippen molar-refractivity contribution in [3.8, 4) is 5.75 Å². The van der Waals surface area contributed by atoms with Gasteiger partial charge < -0.3 is 19.2 Å². The third-order valence-electron chi connectivity index (χ3n) is 4.89. The van der Waals surface area contributed by atoms with E-state index in [9.17, 15) is 19.5 Å². The number of methoxy groups -OCH3 is 1. The number of rotatable bonds is 4. The fraction of sp³-hybridized carbons (Fsp3) is 0.421. The van der Waals surface area contributed by atoms with Crippen LogP contribution in [-0.2, 0) is 16.0 Å². The van der Waals surface area contributed by atoms with Crippen LogP contribution in [0.4, 0.5) is 0 Å². The summed E-state index contributed by atoms with van der Waals surface area (Å²) in [6.45, 7) is 4.00. The van der Waals surface area contributed by atoms with Gasteiger partial charge in [-0.3, -0.25) is 4.79 Å². The Kier molecular flexibility index (Phi) is 4.71. The van der Waals surface area contributed by atoms with Crippen LogP contribution in [0, 0.1) is 13.8 Å². The molecule has 2 heterocycles. The number of fused-ring (bicyclic) bond motifs is 1. The van der Waals surface area contributed by atoms with E-state index < -0.39 is 17.6 Å². The number of hydrogen-bond acceptors (Lipinski definition) is 5. The zero-order chi connectivity index (χ0) is 19.0. The number of likely N-dealkylation sites (tertiary alicyclic amines) is 1. The van der Waals surface area contributed by atoms with E-state index in [0.717, 1.165) is 5.56 Å². The molecule has 0 bridgehead atoms. The summed E-state index contributed by atoms with van der Waals surface area (Å²) in [5.41, 5.74) is 1.57. The van der Waals surface area contributed by atoms with Gasteiger partial charge in [0, 0.05) is 6.54 Å². The number of aliphatic carboxylic acids is 1. The Morgan fingerprint density at radius 3 is 2.73 bits per heavy atom. The first-order chi connectivity index (χ1) is 12.3. The molecule has 138 valence electrons. The standard InChI is InChI=1S/C19H21NO6/c1-10-7-14(25-3)17-11(2)12(19(24)26-15(17)8-10)9-16(21)20-6-4-5-13(20)18(22)23/h7-8,13H,4-6,9H2,1-3H3,(H,22,23)/t13-/m1/s1. The van der Waals surface area contributed by atoms with Crippen molar-refractivity contribution < 1.29 is 23.8 Å². The molecule has 0 saturated carbocycles. The van der Waals surface area contributed by atoms with Crippen molar-refractivity contribution >= 4 is 22.8 Å². The average Bonchev–Trinajstić information content (AvgIpc) is 3.07. The van der Waals surface area contributed by atoms with Crippen molar-refractivity contribution in [2.24, 2.45) is 0 Å². The molecule has 1 fully saturated rings. The lowest BCUT2D eigenvalue weighted by Crippen LogP contribution is -2.41. The molecule has 7 heteroatoms. The summed E-state index contributed by atoms with van der Waals surface area (Å²) >= 11 is 0. The molecular formula is C19H21NO6. The van der Waals surface area contributed by atoms with E-state index in [-0.39, 0.29) is 17.9 Å². The van der Waals surface area contributed by atoms with Gasteiger partial charge in [-0.15, -0.1) is 0 Å². The molecule has 1 aromatic heterocycles. The van der Waals surface area contributed by atoms with Crippen LogP contribution in [0.2, 0.25) is 0 Å². The minimum absolute atomic E-state index is 0.190. The summed E-state index contributed by atoms with van der Waals surface area (Å²) < 4.78 is 10.8. The minimum atomic E-state index is -1.02. The molecule has 1 aromatic carbocycles. The van der Waals surface area contributed by atoms with Crippen LogP contribution < -0.4 is 10.4 Å². The third kappa shape index (κ3) is 3.05. The fourth-order valence-corrected chi connectivity index (χ4v) is 3.58. The molecule has 1 aliphatic heterocycles. The van der Waals surface area contributed by atoms with Gasteiger partial charge in [0.15, 0.2) is 0 Å². The lowest BCUT2D eigenvalue weighted by Gasteiger charge is -2.21. The van der Waals surface area contributed by atoms with Crippen molar-refractivity contribution in [1.29, 1.82) is 0 Å². The summed E-state index contributed by atoms with van der Waals surface area (Å²) in [6, 6.07) is 2.76. The summed E-state index contributed by atoms with van der Waals surface area (Å²) in [5.74, 6) is -0.828. The maximum Gasteiger partial charge on any atom is 0.340 e. The maximum absolute atomic E-state index is 12.6. The van der Waals surface area contributed by atoms with Crippen molar-refractivity contribution in [3.63, 3.8) is 0 Å². The Morgan fingerprint density at radius 1 is 1.35 bits per heavy atom. The molecule has 0 aliphatic carbocycles. The Labute approximate surface area is 150 Å². The van der Waals surface area contributed by atoms with E-state index in [4.69, 9.17) is 9.15 Å². The summed E-state index contributed by atoms with van der Waals surface area (Å²) in [6.07, 6.45) is 0.880. The Morgan fingerprint density at radius 2 is 2.08 bits per heavy atom. The number of carboxylic acid groups (broad SMARTS) is 1. The summed E-state index contributed by atoms with van der Waals surface area (Å²) in [4.78, 5) is 37.7. The first-order valence-corrected chi connectivity index (χ1v) is 8.46. The molecule has 1 aliphatic rings. The summed E-state index contributed by atoms with van der Waals surface area (Å²) in [5, 5.41) is 9.90. The van der Waals surface area contributed by atoms with E-state index in [1.54, 1.807) is 13.0 Å². The molecule has 1 atom stereocenters. The number of carbonyl (C=O) groups is 2. The van der Waals surface area contributed by atoms with E-state index in [2.05, 4.69) is 0 Å². The van der Waals surface area contributed by atoms with Gasteiger partial charge in [0.1, 0.15) is 17.4 Å². The molecule has 0 radical (unpaired) electrons. The summed E-state index contributed by atoms with van der Waals surface area (Å²) in [7, 11) is 1.53. The number of benzene rings is 1. The molecule has 1 amide bonds. The van der Waals surface area contributed by atoms with Crippen LogP contribution in [-0.4, -0.2) is 41.6 Å². The average molecular weight is 359 g/mol. The van der Waals surface area contributed by atoms with E-state index >= 15 is 0 Å². The van der Waals surface area contributed by atoms with E-state index in [0.29, 0.717) is 41.7 Å². The number of hydrogen-bond donors (Lipinski definition) is 1. The van der Waals surface area contributed by atoms with Crippen molar-refractivity contribution in [1.82, 2.24) is 4.90 Å². The van der Waals surface area contributed by atoms with Gasteiger partial charge in [0.2, 0.25) is 5.91 Å². The Bertz CT molecular complexity index is 945. The van der Waals surface area contributed by atoms with Crippen molar-refractivity contribution in [2.45, 2.75) is 39.2 Å². The highest BCUT2D eigenvalue weighted by Crippen LogP contribution is 2.31. The predicted octanol–water partition coefficient (Wildman–Crippen LogP) is 2.04. The first kappa shape index (κ1) is 18.0. The van der Waals surface area contributed by atoms with Gasteiger partial charge in [-0.05, 0) is 49.9 Å². The molecule has 2 aromatic rings. The lowest BCUT2D eigenvalue weighted by atomic mass is 10.0. The van der Waals surface area contributed by atoms with Crippen LogP contribution in [0.25, 0.3) is 11.0 Å².